The van der Waals surface area contributed by atoms with Gasteiger partial charge >= 0.3 is 0 Å². The first-order valence-corrected chi connectivity index (χ1v) is 5.38. The van der Waals surface area contributed by atoms with Crippen LogP contribution >= 0.6 is 0 Å². The van der Waals surface area contributed by atoms with E-state index in [9.17, 15) is 4.79 Å². The topological polar surface area (TPSA) is 55.1 Å². The highest BCUT2D eigenvalue weighted by molar-refractivity contribution is 5.83. The number of benzene rings is 1. The average Bonchev–Trinajstić information content (AvgIpc) is 2.15. The van der Waals surface area contributed by atoms with Crippen LogP contribution in [0.25, 0.3) is 0 Å². The van der Waals surface area contributed by atoms with Crippen molar-refractivity contribution in [3.8, 4) is 0 Å². The third kappa shape index (κ3) is 2.29. The minimum absolute atomic E-state index is 0.207. The molecule has 1 aliphatic carbocycles. The van der Waals surface area contributed by atoms with Crippen molar-refractivity contribution < 1.29 is 4.79 Å². The molecule has 2 rings (SSSR count). The number of anilines is 1. The molecule has 0 aliphatic heterocycles. The van der Waals surface area contributed by atoms with Crippen molar-refractivity contribution in [2.75, 3.05) is 5.32 Å². The molecule has 1 unspecified atom stereocenters. The molecule has 1 aromatic rings. The van der Waals surface area contributed by atoms with Crippen molar-refractivity contribution in [3.05, 3.63) is 30.3 Å². The Morgan fingerprint density at radius 2 is 2.00 bits per heavy atom. The van der Waals surface area contributed by atoms with Gasteiger partial charge in [-0.05, 0) is 30.9 Å². The molecule has 15 heavy (non-hydrogen) atoms. The summed E-state index contributed by atoms with van der Waals surface area (Å²) in [7, 11) is 0. The number of para-hydroxylation sites is 1. The second kappa shape index (κ2) is 4.34. The van der Waals surface area contributed by atoms with Crippen molar-refractivity contribution in [3.63, 3.8) is 0 Å². The number of carbonyl (C=O) groups is 1. The summed E-state index contributed by atoms with van der Waals surface area (Å²) in [4.78, 5) is 11.3. The number of hydrogen-bond donors (Lipinski definition) is 2. The lowest BCUT2D eigenvalue weighted by Crippen LogP contribution is -2.44. The molecule has 1 fully saturated rings. The summed E-state index contributed by atoms with van der Waals surface area (Å²) >= 11 is 0. The van der Waals surface area contributed by atoms with Gasteiger partial charge in [-0.1, -0.05) is 24.6 Å². The second-order valence-corrected chi connectivity index (χ2v) is 4.08. The van der Waals surface area contributed by atoms with Crippen molar-refractivity contribution in [1.82, 2.24) is 0 Å². The zero-order valence-corrected chi connectivity index (χ0v) is 8.65. The van der Waals surface area contributed by atoms with E-state index in [0.29, 0.717) is 5.92 Å². The predicted molar refractivity (Wildman–Crippen MR) is 60.4 cm³/mol. The van der Waals surface area contributed by atoms with Gasteiger partial charge in [-0.2, -0.15) is 0 Å². The molecule has 1 atom stereocenters. The van der Waals surface area contributed by atoms with Crippen LogP contribution in [0.3, 0.4) is 0 Å². The summed E-state index contributed by atoms with van der Waals surface area (Å²) in [5.41, 5.74) is 6.36. The number of nitrogens with two attached hydrogens (primary N) is 1. The molecular formula is C12H16N2O. The van der Waals surface area contributed by atoms with E-state index in [4.69, 9.17) is 5.73 Å². The van der Waals surface area contributed by atoms with Crippen molar-refractivity contribution in [2.24, 2.45) is 11.7 Å². The summed E-state index contributed by atoms with van der Waals surface area (Å²) < 4.78 is 0. The Bertz CT molecular complexity index is 333. The maximum absolute atomic E-state index is 11.3. The van der Waals surface area contributed by atoms with Crippen LogP contribution in [0.5, 0.6) is 0 Å². The van der Waals surface area contributed by atoms with Crippen LogP contribution in [-0.4, -0.2) is 11.9 Å². The van der Waals surface area contributed by atoms with E-state index >= 15 is 0 Å². The highest BCUT2D eigenvalue weighted by atomic mass is 16.1. The van der Waals surface area contributed by atoms with Gasteiger partial charge in [0.1, 0.15) is 6.04 Å². The molecule has 0 saturated heterocycles. The third-order valence-corrected chi connectivity index (χ3v) is 3.02. The SMILES string of the molecule is NC(=O)C(Nc1ccccc1)C1CCC1. The second-order valence-electron chi connectivity index (χ2n) is 4.08. The van der Waals surface area contributed by atoms with Crippen LogP contribution in [0.4, 0.5) is 5.69 Å². The first-order chi connectivity index (χ1) is 7.27. The van der Waals surface area contributed by atoms with E-state index < -0.39 is 0 Å². The van der Waals surface area contributed by atoms with Crippen LogP contribution in [-0.2, 0) is 4.79 Å². The molecule has 80 valence electrons. The average molecular weight is 204 g/mol. The molecule has 3 N–H and O–H groups in total. The van der Waals surface area contributed by atoms with Gasteiger partial charge in [0.15, 0.2) is 0 Å². The Hall–Kier alpha value is -1.51. The van der Waals surface area contributed by atoms with Gasteiger partial charge in [0.25, 0.3) is 0 Å². The first-order valence-electron chi connectivity index (χ1n) is 5.38. The van der Waals surface area contributed by atoms with E-state index in [0.717, 1.165) is 18.5 Å². The lowest BCUT2D eigenvalue weighted by Gasteiger charge is -2.32. The van der Waals surface area contributed by atoms with Gasteiger partial charge in [-0.25, -0.2) is 0 Å². The first kappa shape index (κ1) is 10.0. The third-order valence-electron chi connectivity index (χ3n) is 3.02. The Kier molecular flexibility index (Phi) is 2.90. The fraction of sp³-hybridized carbons (Fsp3) is 0.417. The number of carbonyl (C=O) groups excluding carboxylic acids is 1. The molecular weight excluding hydrogens is 188 g/mol. The molecule has 1 aromatic carbocycles. The fourth-order valence-electron chi connectivity index (χ4n) is 1.91. The van der Waals surface area contributed by atoms with Crippen LogP contribution < -0.4 is 11.1 Å². The normalized spacial score (nSPS) is 17.9. The smallest absolute Gasteiger partial charge is 0.240 e. The lowest BCUT2D eigenvalue weighted by molar-refractivity contribution is -0.120. The summed E-state index contributed by atoms with van der Waals surface area (Å²) in [5, 5.41) is 3.21. The Balaban J connectivity index is 2.03. The van der Waals surface area contributed by atoms with E-state index in [1.54, 1.807) is 0 Å². The maximum atomic E-state index is 11.3. The van der Waals surface area contributed by atoms with E-state index in [1.807, 2.05) is 30.3 Å². The molecule has 0 spiro atoms. The van der Waals surface area contributed by atoms with Crippen LogP contribution in [0.2, 0.25) is 0 Å². The summed E-state index contributed by atoms with van der Waals surface area (Å²) in [5.74, 6) is 0.172. The van der Waals surface area contributed by atoms with Gasteiger partial charge in [-0.3, -0.25) is 4.79 Å². The zero-order valence-electron chi connectivity index (χ0n) is 8.65. The Labute approximate surface area is 89.7 Å². The van der Waals surface area contributed by atoms with Crippen LogP contribution in [0.15, 0.2) is 30.3 Å². The van der Waals surface area contributed by atoms with Gasteiger partial charge < -0.3 is 11.1 Å². The van der Waals surface area contributed by atoms with Crippen molar-refractivity contribution in [2.45, 2.75) is 25.3 Å². The Morgan fingerprint density at radius 1 is 1.33 bits per heavy atom. The number of primary amides is 1. The molecule has 1 aliphatic rings. The summed E-state index contributed by atoms with van der Waals surface area (Å²) in [6.45, 7) is 0. The van der Waals surface area contributed by atoms with Gasteiger partial charge in [0.05, 0.1) is 0 Å². The summed E-state index contributed by atoms with van der Waals surface area (Å²) in [6.07, 6.45) is 3.42. The standard InChI is InChI=1S/C12H16N2O/c13-12(15)11(9-5-4-6-9)14-10-7-2-1-3-8-10/h1-3,7-9,11,14H,4-6H2,(H2,13,15). The minimum atomic E-state index is -0.247. The largest absolute Gasteiger partial charge is 0.373 e. The van der Waals surface area contributed by atoms with E-state index in [1.165, 1.54) is 6.42 Å². The highest BCUT2D eigenvalue weighted by Gasteiger charge is 2.30. The molecule has 3 heteroatoms. The summed E-state index contributed by atoms with van der Waals surface area (Å²) in [6, 6.07) is 9.54. The number of hydrogen-bond acceptors (Lipinski definition) is 2. The van der Waals surface area contributed by atoms with Crippen LogP contribution in [0, 0.1) is 5.92 Å². The lowest BCUT2D eigenvalue weighted by atomic mass is 9.79. The van der Waals surface area contributed by atoms with Crippen molar-refractivity contribution in [1.29, 1.82) is 0 Å². The van der Waals surface area contributed by atoms with E-state index in [2.05, 4.69) is 5.32 Å². The molecule has 0 heterocycles. The number of rotatable bonds is 4. The van der Waals surface area contributed by atoms with Crippen LogP contribution in [0.1, 0.15) is 19.3 Å². The van der Waals surface area contributed by atoms with Gasteiger partial charge in [0, 0.05) is 5.69 Å². The van der Waals surface area contributed by atoms with Gasteiger partial charge in [0.2, 0.25) is 5.91 Å². The molecule has 3 nitrogen and oxygen atoms in total. The Morgan fingerprint density at radius 3 is 2.47 bits per heavy atom. The highest BCUT2D eigenvalue weighted by Crippen LogP contribution is 2.31. The minimum Gasteiger partial charge on any atom is -0.373 e. The monoisotopic (exact) mass is 204 g/mol. The molecule has 1 saturated carbocycles. The quantitative estimate of drug-likeness (QED) is 0.785. The predicted octanol–water partition coefficient (Wildman–Crippen LogP) is 1.75. The maximum Gasteiger partial charge on any atom is 0.240 e. The molecule has 0 bridgehead atoms. The zero-order chi connectivity index (χ0) is 10.7. The molecule has 0 radical (unpaired) electrons. The van der Waals surface area contributed by atoms with Crippen molar-refractivity contribution >= 4 is 11.6 Å². The molecule has 1 amide bonds. The number of nitrogens with one attached hydrogen (secondary N) is 1. The fourth-order valence-corrected chi connectivity index (χ4v) is 1.91. The van der Waals surface area contributed by atoms with E-state index in [-0.39, 0.29) is 11.9 Å². The van der Waals surface area contributed by atoms with Gasteiger partial charge in [-0.15, -0.1) is 0 Å². The number of amides is 1. The molecule has 0 aromatic heterocycles.